The fraction of sp³-hybridized carbons (Fsp3) is 0.400. The van der Waals surface area contributed by atoms with Crippen LogP contribution in [0, 0.1) is 11.8 Å². The molecule has 1 rings (SSSR count). The lowest BCUT2D eigenvalue weighted by Crippen LogP contribution is -2.36. The van der Waals surface area contributed by atoms with E-state index >= 15 is 0 Å². The number of likely N-dealkylation sites (N-methyl/N-ethyl adjacent to an activating group) is 1. The number of ether oxygens (including phenoxy) is 1. The van der Waals surface area contributed by atoms with Gasteiger partial charge >= 0.3 is 5.97 Å². The Morgan fingerprint density at radius 2 is 2.24 bits per heavy atom. The smallest absolute Gasteiger partial charge is 0.325 e. The third kappa shape index (κ3) is 4.89. The molecule has 6 nitrogen and oxygen atoms in total. The van der Waals surface area contributed by atoms with Crippen molar-refractivity contribution in [2.24, 2.45) is 0 Å². The lowest BCUT2D eigenvalue weighted by Gasteiger charge is -2.19. The molecule has 0 spiro atoms. The number of hydrogen-bond acceptors (Lipinski definition) is 5. The highest BCUT2D eigenvalue weighted by Gasteiger charge is 2.20. The van der Waals surface area contributed by atoms with Gasteiger partial charge in [-0.1, -0.05) is 11.8 Å². The molecule has 0 saturated heterocycles. The molecule has 0 radical (unpaired) electrons. The summed E-state index contributed by atoms with van der Waals surface area (Å²) in [5.41, 5.74) is 0.660. The third-order valence-electron chi connectivity index (χ3n) is 2.69. The molecule has 6 heteroatoms. The molecule has 0 unspecified atom stereocenters. The van der Waals surface area contributed by atoms with Crippen LogP contribution in [0.4, 0.5) is 0 Å². The lowest BCUT2D eigenvalue weighted by molar-refractivity contribution is -0.141. The fourth-order valence-corrected chi connectivity index (χ4v) is 1.59. The Morgan fingerprint density at radius 1 is 1.48 bits per heavy atom. The average molecular weight is 290 g/mol. The number of aliphatic hydroxyl groups excluding tert-OH is 1. The van der Waals surface area contributed by atoms with Crippen molar-refractivity contribution in [3.8, 4) is 11.8 Å². The van der Waals surface area contributed by atoms with Crippen molar-refractivity contribution < 1.29 is 19.4 Å². The van der Waals surface area contributed by atoms with Gasteiger partial charge in [-0.05, 0) is 19.1 Å². The highest BCUT2D eigenvalue weighted by Crippen LogP contribution is 2.08. The predicted octanol–water partition coefficient (Wildman–Crippen LogP) is 0.451. The van der Waals surface area contributed by atoms with Gasteiger partial charge in [-0.25, -0.2) is 4.98 Å². The van der Waals surface area contributed by atoms with Gasteiger partial charge in [-0.3, -0.25) is 9.59 Å². The zero-order chi connectivity index (χ0) is 15.7. The molecule has 21 heavy (non-hydrogen) atoms. The van der Waals surface area contributed by atoms with Gasteiger partial charge in [0.25, 0.3) is 5.91 Å². The molecule has 1 heterocycles. The number of carbonyl (C=O) groups excluding carboxylic acids is 2. The fourth-order valence-electron chi connectivity index (χ4n) is 1.59. The van der Waals surface area contributed by atoms with Gasteiger partial charge in [0, 0.05) is 19.2 Å². The maximum Gasteiger partial charge on any atom is 0.325 e. The molecule has 0 bridgehead atoms. The Bertz CT molecular complexity index is 560. The molecule has 1 amide bonds. The van der Waals surface area contributed by atoms with Gasteiger partial charge in [0.05, 0.1) is 19.3 Å². The number of esters is 1. The second-order valence-corrected chi connectivity index (χ2v) is 4.07. The van der Waals surface area contributed by atoms with E-state index in [2.05, 4.69) is 21.6 Å². The summed E-state index contributed by atoms with van der Waals surface area (Å²) in [4.78, 5) is 29.1. The molecule has 0 fully saturated rings. The van der Waals surface area contributed by atoms with Gasteiger partial charge in [-0.15, -0.1) is 0 Å². The summed E-state index contributed by atoms with van der Waals surface area (Å²) in [6.45, 7) is 1.95. The van der Waals surface area contributed by atoms with E-state index in [4.69, 9.17) is 5.11 Å². The van der Waals surface area contributed by atoms with Crippen molar-refractivity contribution in [2.45, 2.75) is 13.3 Å². The molecule has 0 atom stereocenters. The summed E-state index contributed by atoms with van der Waals surface area (Å²) in [7, 11) is 1.27. The zero-order valence-corrected chi connectivity index (χ0v) is 12.1. The van der Waals surface area contributed by atoms with Crippen molar-refractivity contribution in [3.63, 3.8) is 0 Å². The zero-order valence-electron chi connectivity index (χ0n) is 12.1. The first-order chi connectivity index (χ1) is 10.1. The van der Waals surface area contributed by atoms with Crippen molar-refractivity contribution in [2.75, 3.05) is 26.8 Å². The molecular formula is C15H18N2O4. The molecule has 0 saturated carbocycles. The second kappa shape index (κ2) is 8.72. The Hall–Kier alpha value is -2.39. The van der Waals surface area contributed by atoms with E-state index in [-0.39, 0.29) is 24.8 Å². The van der Waals surface area contributed by atoms with Gasteiger partial charge in [0.15, 0.2) is 0 Å². The summed E-state index contributed by atoms with van der Waals surface area (Å²) in [5, 5.41) is 8.73. The normalized spacial score (nSPS) is 9.48. The summed E-state index contributed by atoms with van der Waals surface area (Å²) < 4.78 is 4.57. The summed E-state index contributed by atoms with van der Waals surface area (Å²) in [6.07, 6.45) is 1.82. The topological polar surface area (TPSA) is 79.7 Å². The first kappa shape index (κ1) is 16.7. The van der Waals surface area contributed by atoms with Crippen LogP contribution in [0.25, 0.3) is 0 Å². The third-order valence-corrected chi connectivity index (χ3v) is 2.69. The number of hydrogen-bond donors (Lipinski definition) is 1. The molecule has 1 N–H and O–H groups in total. The summed E-state index contributed by atoms with van der Waals surface area (Å²) in [6, 6.07) is 3.35. The number of pyridine rings is 1. The standard InChI is InChI=1S/C15H18N2O4/c1-3-17(11-13(19)21-2)15(20)14-12(7-4-5-10-18)8-6-9-16-14/h6,8-9,18H,3,5,10-11H2,1-2H3. The molecule has 0 aromatic carbocycles. The van der Waals surface area contributed by atoms with Crippen LogP contribution < -0.4 is 0 Å². The van der Waals surface area contributed by atoms with Crippen LogP contribution in [0.1, 0.15) is 29.4 Å². The second-order valence-electron chi connectivity index (χ2n) is 4.07. The molecule has 112 valence electrons. The van der Waals surface area contributed by atoms with Crippen molar-refractivity contribution in [1.29, 1.82) is 0 Å². The van der Waals surface area contributed by atoms with Crippen molar-refractivity contribution >= 4 is 11.9 Å². The maximum atomic E-state index is 12.4. The molecule has 0 aliphatic rings. The van der Waals surface area contributed by atoms with Crippen LogP contribution in [0.2, 0.25) is 0 Å². The number of aliphatic hydroxyl groups is 1. The Balaban J connectivity index is 3.00. The Labute approximate surface area is 123 Å². The van der Waals surface area contributed by atoms with E-state index in [1.54, 1.807) is 19.1 Å². The van der Waals surface area contributed by atoms with Crippen LogP contribution in [0.3, 0.4) is 0 Å². The van der Waals surface area contributed by atoms with E-state index in [0.717, 1.165) is 0 Å². The quantitative estimate of drug-likeness (QED) is 0.629. The molecular weight excluding hydrogens is 272 g/mol. The van der Waals surface area contributed by atoms with Gasteiger partial charge in [0.1, 0.15) is 12.2 Å². The highest BCUT2D eigenvalue weighted by atomic mass is 16.5. The monoisotopic (exact) mass is 290 g/mol. The minimum atomic E-state index is -0.492. The Kier molecular flexibility index (Phi) is 6.92. The SMILES string of the molecule is CCN(CC(=O)OC)C(=O)c1ncccc1C#CCCO. The molecule has 1 aromatic rings. The number of aromatic nitrogens is 1. The summed E-state index contributed by atoms with van der Waals surface area (Å²) in [5.74, 6) is 4.69. The number of amides is 1. The number of methoxy groups -OCH3 is 1. The first-order valence-corrected chi connectivity index (χ1v) is 6.54. The predicted molar refractivity (Wildman–Crippen MR) is 76.4 cm³/mol. The van der Waals surface area contributed by atoms with E-state index in [0.29, 0.717) is 18.5 Å². The van der Waals surface area contributed by atoms with Crippen molar-refractivity contribution in [1.82, 2.24) is 9.88 Å². The Morgan fingerprint density at radius 3 is 2.86 bits per heavy atom. The van der Waals surface area contributed by atoms with E-state index in [1.807, 2.05) is 0 Å². The van der Waals surface area contributed by atoms with Gasteiger partial charge < -0.3 is 14.7 Å². The van der Waals surface area contributed by atoms with E-state index in [1.165, 1.54) is 18.2 Å². The lowest BCUT2D eigenvalue weighted by atomic mass is 10.1. The highest BCUT2D eigenvalue weighted by molar-refractivity contribution is 5.96. The number of rotatable bonds is 5. The van der Waals surface area contributed by atoms with E-state index in [9.17, 15) is 9.59 Å². The minimum Gasteiger partial charge on any atom is -0.468 e. The average Bonchev–Trinajstić information content (AvgIpc) is 2.52. The van der Waals surface area contributed by atoms with Crippen LogP contribution in [-0.2, 0) is 9.53 Å². The van der Waals surface area contributed by atoms with Gasteiger partial charge in [0.2, 0.25) is 0 Å². The number of carbonyl (C=O) groups is 2. The van der Waals surface area contributed by atoms with Crippen LogP contribution in [0.5, 0.6) is 0 Å². The van der Waals surface area contributed by atoms with Crippen LogP contribution in [-0.4, -0.2) is 53.7 Å². The maximum absolute atomic E-state index is 12.4. The number of nitrogens with zero attached hydrogens (tertiary/aromatic N) is 2. The molecule has 0 aliphatic carbocycles. The van der Waals surface area contributed by atoms with Crippen LogP contribution >= 0.6 is 0 Å². The minimum absolute atomic E-state index is 0.0417. The first-order valence-electron chi connectivity index (χ1n) is 6.54. The van der Waals surface area contributed by atoms with Gasteiger partial charge in [-0.2, -0.15) is 0 Å². The summed E-state index contributed by atoms with van der Waals surface area (Å²) >= 11 is 0. The van der Waals surface area contributed by atoms with Crippen LogP contribution in [0.15, 0.2) is 18.3 Å². The molecule has 1 aromatic heterocycles. The van der Waals surface area contributed by atoms with Crippen molar-refractivity contribution in [3.05, 3.63) is 29.6 Å². The largest absolute Gasteiger partial charge is 0.468 e. The molecule has 0 aliphatic heterocycles. The van der Waals surface area contributed by atoms with E-state index < -0.39 is 5.97 Å².